The van der Waals surface area contributed by atoms with E-state index in [1.807, 2.05) is 24.3 Å². The number of ether oxygens (including phenoxy) is 1. The molecule has 0 fully saturated rings. The molecule has 0 spiro atoms. The van der Waals surface area contributed by atoms with Gasteiger partial charge in [0, 0.05) is 18.1 Å². The number of carbonyl (C=O) groups excluding carboxylic acids is 1. The fourth-order valence-corrected chi connectivity index (χ4v) is 2.72. The molecule has 2 rings (SSSR count). The average Bonchev–Trinajstić information content (AvgIpc) is 2.63. The second-order valence-corrected chi connectivity index (χ2v) is 5.28. The van der Waals surface area contributed by atoms with E-state index in [1.54, 1.807) is 30.4 Å². The monoisotopic (exact) mass is 332 g/mol. The van der Waals surface area contributed by atoms with Gasteiger partial charge in [0.25, 0.3) is 0 Å². The van der Waals surface area contributed by atoms with Crippen LogP contribution in [0, 0.1) is 0 Å². The Kier molecular flexibility index (Phi) is 5.75. The van der Waals surface area contributed by atoms with Crippen LogP contribution in [0.2, 0.25) is 0 Å². The molecule has 2 aromatic carbocycles. The molecule has 0 saturated heterocycles. The zero-order valence-electron chi connectivity index (χ0n) is 14.2. The number of hydrogen-bond donors (Lipinski definition) is 1. The Morgan fingerprint density at radius 3 is 2.24 bits per heavy atom. The fraction of sp³-hybridized carbons (Fsp3) is 0.0455. The molecule has 0 aromatic heterocycles. The number of rotatable bonds is 6. The Balaban J connectivity index is 2.85. The standard InChI is InChI=1S/C22H20O3/c1-5-16-10-8-9-11-19(16)20(14-23)22-18(7-3)17(6-2)12-13-21(22)25-15(4)24/h5-14,23H,1-3H2,4H3/b20-14-. The first-order valence-corrected chi connectivity index (χ1v) is 7.74. The number of aliphatic hydroxyl groups excluding tert-OH is 1. The molecule has 0 aliphatic rings. The van der Waals surface area contributed by atoms with Crippen LogP contribution >= 0.6 is 0 Å². The van der Waals surface area contributed by atoms with Gasteiger partial charge in [0.05, 0.1) is 6.26 Å². The molecule has 3 heteroatoms. The van der Waals surface area contributed by atoms with E-state index < -0.39 is 5.97 Å². The molecule has 0 amide bonds. The Morgan fingerprint density at radius 1 is 1.00 bits per heavy atom. The van der Waals surface area contributed by atoms with E-state index in [0.717, 1.165) is 23.0 Å². The molecule has 1 N–H and O–H groups in total. The van der Waals surface area contributed by atoms with E-state index in [2.05, 4.69) is 19.7 Å². The minimum atomic E-state index is -0.447. The Hall–Kier alpha value is -3.33. The van der Waals surface area contributed by atoms with Crippen molar-refractivity contribution in [3.8, 4) is 5.75 Å². The molecular formula is C22H20O3. The Labute approximate surface area is 147 Å². The van der Waals surface area contributed by atoms with Crippen molar-refractivity contribution in [3.05, 3.63) is 90.2 Å². The summed E-state index contributed by atoms with van der Waals surface area (Å²) in [5.41, 5.74) is 4.21. The molecule has 25 heavy (non-hydrogen) atoms. The summed E-state index contributed by atoms with van der Waals surface area (Å²) in [6.45, 7) is 12.8. The van der Waals surface area contributed by atoms with Gasteiger partial charge >= 0.3 is 5.97 Å². The van der Waals surface area contributed by atoms with Gasteiger partial charge in [-0.15, -0.1) is 0 Å². The van der Waals surface area contributed by atoms with Gasteiger partial charge in [-0.05, 0) is 28.3 Å². The van der Waals surface area contributed by atoms with Gasteiger partial charge < -0.3 is 9.84 Å². The topological polar surface area (TPSA) is 46.5 Å². The second kappa shape index (κ2) is 7.97. The molecule has 0 bridgehead atoms. The number of benzene rings is 2. The number of hydrogen-bond acceptors (Lipinski definition) is 3. The molecule has 0 aliphatic heterocycles. The maximum atomic E-state index is 11.5. The summed E-state index contributed by atoms with van der Waals surface area (Å²) >= 11 is 0. The Bertz CT molecular complexity index is 873. The average molecular weight is 332 g/mol. The summed E-state index contributed by atoms with van der Waals surface area (Å²) in [5, 5.41) is 10.00. The van der Waals surface area contributed by atoms with Crippen molar-refractivity contribution in [2.24, 2.45) is 0 Å². The second-order valence-electron chi connectivity index (χ2n) is 5.28. The highest BCUT2D eigenvalue weighted by Gasteiger charge is 2.19. The first kappa shape index (κ1) is 18.0. The summed E-state index contributed by atoms with van der Waals surface area (Å²) < 4.78 is 5.37. The maximum absolute atomic E-state index is 11.5. The van der Waals surface area contributed by atoms with Crippen molar-refractivity contribution >= 4 is 29.8 Å². The van der Waals surface area contributed by atoms with Crippen LogP contribution in [-0.2, 0) is 4.79 Å². The predicted molar refractivity (Wildman–Crippen MR) is 104 cm³/mol. The van der Waals surface area contributed by atoms with E-state index in [-0.39, 0.29) is 0 Å². The van der Waals surface area contributed by atoms with Gasteiger partial charge in [-0.2, -0.15) is 0 Å². The summed E-state index contributed by atoms with van der Waals surface area (Å²) in [6.07, 6.45) is 6.05. The molecular weight excluding hydrogens is 312 g/mol. The van der Waals surface area contributed by atoms with E-state index in [0.29, 0.717) is 22.4 Å². The first-order chi connectivity index (χ1) is 12.1. The largest absolute Gasteiger partial charge is 0.515 e. The van der Waals surface area contributed by atoms with Gasteiger partial charge in [-0.3, -0.25) is 4.79 Å². The van der Waals surface area contributed by atoms with Crippen LogP contribution in [0.1, 0.15) is 34.7 Å². The quantitative estimate of drug-likeness (QED) is 0.432. The summed E-state index contributed by atoms with van der Waals surface area (Å²) in [4.78, 5) is 11.5. The lowest BCUT2D eigenvalue weighted by Gasteiger charge is -2.18. The molecule has 0 saturated carbocycles. The third-order valence-electron chi connectivity index (χ3n) is 3.79. The predicted octanol–water partition coefficient (Wildman–Crippen LogP) is 5.49. The molecule has 3 nitrogen and oxygen atoms in total. The Morgan fingerprint density at radius 2 is 1.68 bits per heavy atom. The lowest BCUT2D eigenvalue weighted by atomic mass is 9.88. The minimum absolute atomic E-state index is 0.340. The normalized spacial score (nSPS) is 10.8. The van der Waals surface area contributed by atoms with Crippen molar-refractivity contribution in [2.45, 2.75) is 6.92 Å². The van der Waals surface area contributed by atoms with Crippen LogP contribution in [0.5, 0.6) is 5.75 Å². The van der Waals surface area contributed by atoms with Gasteiger partial charge in [-0.1, -0.05) is 68.3 Å². The molecule has 126 valence electrons. The third-order valence-corrected chi connectivity index (χ3v) is 3.79. The molecule has 0 unspecified atom stereocenters. The number of aliphatic hydroxyl groups is 1. The minimum Gasteiger partial charge on any atom is -0.515 e. The van der Waals surface area contributed by atoms with Crippen LogP contribution in [0.25, 0.3) is 23.8 Å². The van der Waals surface area contributed by atoms with E-state index in [4.69, 9.17) is 4.74 Å². The highest BCUT2D eigenvalue weighted by atomic mass is 16.5. The van der Waals surface area contributed by atoms with Crippen molar-refractivity contribution < 1.29 is 14.6 Å². The molecule has 0 atom stereocenters. The lowest BCUT2D eigenvalue weighted by Crippen LogP contribution is -2.06. The highest BCUT2D eigenvalue weighted by molar-refractivity contribution is 5.92. The van der Waals surface area contributed by atoms with Crippen LogP contribution in [0.4, 0.5) is 0 Å². The third kappa shape index (κ3) is 3.61. The molecule has 0 aliphatic carbocycles. The van der Waals surface area contributed by atoms with Crippen LogP contribution in [-0.4, -0.2) is 11.1 Å². The first-order valence-electron chi connectivity index (χ1n) is 7.74. The van der Waals surface area contributed by atoms with Gasteiger partial charge in [0.2, 0.25) is 0 Å². The van der Waals surface area contributed by atoms with Crippen molar-refractivity contribution in [2.75, 3.05) is 0 Å². The van der Waals surface area contributed by atoms with Crippen LogP contribution in [0.3, 0.4) is 0 Å². The van der Waals surface area contributed by atoms with E-state index in [9.17, 15) is 9.90 Å². The van der Waals surface area contributed by atoms with Crippen molar-refractivity contribution in [1.29, 1.82) is 0 Å². The molecule has 2 aromatic rings. The summed E-state index contributed by atoms with van der Waals surface area (Å²) in [5.74, 6) is -0.107. The summed E-state index contributed by atoms with van der Waals surface area (Å²) in [6, 6.07) is 11.0. The van der Waals surface area contributed by atoms with Gasteiger partial charge in [-0.25, -0.2) is 0 Å². The number of esters is 1. The van der Waals surface area contributed by atoms with Gasteiger partial charge in [0.15, 0.2) is 0 Å². The van der Waals surface area contributed by atoms with E-state index in [1.165, 1.54) is 6.92 Å². The highest BCUT2D eigenvalue weighted by Crippen LogP contribution is 2.38. The van der Waals surface area contributed by atoms with Crippen molar-refractivity contribution in [3.63, 3.8) is 0 Å². The summed E-state index contributed by atoms with van der Waals surface area (Å²) in [7, 11) is 0. The SMILES string of the molecule is C=Cc1ccccc1/C(=C/O)c1c(OC(C)=O)ccc(C=C)c1C=C. The van der Waals surface area contributed by atoms with Gasteiger partial charge in [0.1, 0.15) is 5.75 Å². The van der Waals surface area contributed by atoms with Crippen LogP contribution in [0.15, 0.2) is 62.4 Å². The van der Waals surface area contributed by atoms with Crippen molar-refractivity contribution in [1.82, 2.24) is 0 Å². The maximum Gasteiger partial charge on any atom is 0.308 e. The number of carbonyl (C=O) groups is 1. The zero-order valence-corrected chi connectivity index (χ0v) is 14.2. The lowest BCUT2D eigenvalue weighted by molar-refractivity contribution is -0.131. The van der Waals surface area contributed by atoms with E-state index >= 15 is 0 Å². The van der Waals surface area contributed by atoms with Crippen LogP contribution < -0.4 is 4.74 Å². The fourth-order valence-electron chi connectivity index (χ4n) is 2.72. The molecule has 0 radical (unpaired) electrons. The smallest absolute Gasteiger partial charge is 0.308 e. The molecule has 0 heterocycles. The zero-order chi connectivity index (χ0) is 18.4.